The zero-order valence-electron chi connectivity index (χ0n) is 8.58. The Hall–Kier alpha value is -1.26. The van der Waals surface area contributed by atoms with Gasteiger partial charge in [-0.2, -0.15) is 0 Å². The Bertz CT molecular complexity index is 600. The van der Waals surface area contributed by atoms with E-state index in [0.717, 1.165) is 0 Å². The van der Waals surface area contributed by atoms with Crippen LogP contribution in [-0.4, -0.2) is 0 Å². The van der Waals surface area contributed by atoms with Gasteiger partial charge in [0, 0.05) is 16.7 Å². The van der Waals surface area contributed by atoms with Crippen molar-refractivity contribution in [3.8, 4) is 11.1 Å². The van der Waals surface area contributed by atoms with Gasteiger partial charge in [0.25, 0.3) is 0 Å². The molecule has 0 radical (unpaired) electrons. The first-order valence-corrected chi connectivity index (χ1v) is 5.46. The molecule has 0 aliphatic carbocycles. The smallest absolute Gasteiger partial charge is 0.169 e. The lowest BCUT2D eigenvalue weighted by Gasteiger charge is -2.09. The van der Waals surface area contributed by atoms with E-state index in [0.29, 0.717) is 0 Å². The first kappa shape index (κ1) is 13.2. The summed E-state index contributed by atoms with van der Waals surface area (Å²) < 4.78 is 53.2. The lowest BCUT2D eigenvalue weighted by atomic mass is 10.0. The fourth-order valence-electron chi connectivity index (χ4n) is 1.50. The van der Waals surface area contributed by atoms with Crippen LogP contribution in [0.2, 0.25) is 10.0 Å². The average Bonchev–Trinajstić information content (AvgIpc) is 2.29. The molecule has 0 amide bonds. The van der Waals surface area contributed by atoms with Crippen molar-refractivity contribution in [2.75, 3.05) is 0 Å². The molecule has 0 fully saturated rings. The van der Waals surface area contributed by atoms with Crippen LogP contribution in [0, 0.1) is 23.3 Å². The van der Waals surface area contributed by atoms with Crippen LogP contribution in [0.25, 0.3) is 11.1 Å². The lowest BCUT2D eigenvalue weighted by Crippen LogP contribution is -1.99. The Morgan fingerprint density at radius 3 is 1.83 bits per heavy atom. The van der Waals surface area contributed by atoms with Crippen molar-refractivity contribution < 1.29 is 17.6 Å². The largest absolute Gasteiger partial charge is 0.204 e. The number of benzene rings is 2. The summed E-state index contributed by atoms with van der Waals surface area (Å²) in [6, 6.07) is 3.85. The summed E-state index contributed by atoms with van der Waals surface area (Å²) in [4.78, 5) is 0. The van der Waals surface area contributed by atoms with E-state index in [4.69, 9.17) is 23.2 Å². The van der Waals surface area contributed by atoms with Gasteiger partial charge in [0.1, 0.15) is 0 Å². The number of hydrogen-bond acceptors (Lipinski definition) is 0. The third-order valence-corrected chi connectivity index (χ3v) is 2.86. The summed E-state index contributed by atoms with van der Waals surface area (Å²) in [6.45, 7) is 0. The minimum absolute atomic E-state index is 0.106. The van der Waals surface area contributed by atoms with Crippen molar-refractivity contribution in [3.63, 3.8) is 0 Å². The zero-order valence-corrected chi connectivity index (χ0v) is 10.1. The van der Waals surface area contributed by atoms with Crippen LogP contribution < -0.4 is 0 Å². The second kappa shape index (κ2) is 4.78. The number of rotatable bonds is 1. The van der Waals surface area contributed by atoms with Crippen molar-refractivity contribution in [1.29, 1.82) is 0 Å². The number of halogens is 6. The van der Waals surface area contributed by atoms with Crippen LogP contribution in [0.3, 0.4) is 0 Å². The predicted octanol–water partition coefficient (Wildman–Crippen LogP) is 5.22. The summed E-state index contributed by atoms with van der Waals surface area (Å²) in [7, 11) is 0. The molecule has 0 saturated heterocycles. The fraction of sp³-hybridized carbons (Fsp3) is 0. The standard InChI is InChI=1S/C12H4Cl2F4/c13-5-1-2-6(7(14)3-5)10-11(17)8(15)4-9(16)12(10)18/h1-4H. The molecule has 0 nitrogen and oxygen atoms in total. The topological polar surface area (TPSA) is 0 Å². The molecular formula is C12H4Cl2F4. The van der Waals surface area contributed by atoms with Crippen molar-refractivity contribution >= 4 is 23.2 Å². The van der Waals surface area contributed by atoms with E-state index in [9.17, 15) is 17.6 Å². The van der Waals surface area contributed by atoms with Crippen LogP contribution in [0.15, 0.2) is 24.3 Å². The lowest BCUT2D eigenvalue weighted by molar-refractivity contribution is 0.458. The van der Waals surface area contributed by atoms with Crippen LogP contribution in [0.1, 0.15) is 0 Å². The van der Waals surface area contributed by atoms with Gasteiger partial charge in [-0.3, -0.25) is 0 Å². The molecule has 0 aromatic heterocycles. The second-order valence-corrected chi connectivity index (χ2v) is 4.31. The molecule has 0 unspecified atom stereocenters. The van der Waals surface area contributed by atoms with Gasteiger partial charge in [-0.25, -0.2) is 17.6 Å². The van der Waals surface area contributed by atoms with Crippen molar-refractivity contribution in [1.82, 2.24) is 0 Å². The molecule has 0 N–H and O–H groups in total. The first-order valence-electron chi connectivity index (χ1n) is 4.70. The fourth-order valence-corrected chi connectivity index (χ4v) is 2.00. The van der Waals surface area contributed by atoms with E-state index in [1.54, 1.807) is 0 Å². The van der Waals surface area contributed by atoms with Gasteiger partial charge in [0.2, 0.25) is 0 Å². The van der Waals surface area contributed by atoms with Gasteiger partial charge in [-0.1, -0.05) is 29.3 Å². The van der Waals surface area contributed by atoms with E-state index >= 15 is 0 Å². The van der Waals surface area contributed by atoms with Crippen molar-refractivity contribution in [3.05, 3.63) is 57.6 Å². The normalized spacial score (nSPS) is 10.8. The number of hydrogen-bond donors (Lipinski definition) is 0. The van der Waals surface area contributed by atoms with Crippen LogP contribution in [0.5, 0.6) is 0 Å². The average molecular weight is 295 g/mol. The van der Waals surface area contributed by atoms with E-state index in [1.165, 1.54) is 18.2 Å². The molecule has 0 atom stereocenters. The molecule has 2 aromatic carbocycles. The van der Waals surface area contributed by atoms with Gasteiger partial charge < -0.3 is 0 Å². The molecule has 0 heterocycles. The zero-order chi connectivity index (χ0) is 13.4. The summed E-state index contributed by atoms with van der Waals surface area (Å²) in [5.41, 5.74) is -1.02. The molecule has 94 valence electrons. The highest BCUT2D eigenvalue weighted by atomic mass is 35.5. The Labute approximate surface area is 110 Å². The monoisotopic (exact) mass is 294 g/mol. The highest BCUT2D eigenvalue weighted by molar-refractivity contribution is 6.36. The van der Waals surface area contributed by atoms with Crippen LogP contribution in [-0.2, 0) is 0 Å². The quantitative estimate of drug-likeness (QED) is 0.500. The predicted molar refractivity (Wildman–Crippen MR) is 61.7 cm³/mol. The molecule has 0 aliphatic rings. The molecule has 0 aliphatic heterocycles. The maximum absolute atomic E-state index is 13.5. The molecule has 0 bridgehead atoms. The summed E-state index contributed by atoms with van der Waals surface area (Å²) in [5, 5.41) is 0.131. The molecule has 2 aromatic rings. The molecular weight excluding hydrogens is 291 g/mol. The van der Waals surface area contributed by atoms with E-state index in [-0.39, 0.29) is 21.7 Å². The van der Waals surface area contributed by atoms with Crippen LogP contribution >= 0.6 is 23.2 Å². The van der Waals surface area contributed by atoms with Gasteiger partial charge in [-0.05, 0) is 12.1 Å². The Morgan fingerprint density at radius 2 is 1.33 bits per heavy atom. The SMILES string of the molecule is Fc1cc(F)c(F)c(-c2ccc(Cl)cc2Cl)c1F. The van der Waals surface area contributed by atoms with E-state index in [1.807, 2.05) is 0 Å². The summed E-state index contributed by atoms with van der Waals surface area (Å²) >= 11 is 11.4. The molecule has 6 heteroatoms. The van der Waals surface area contributed by atoms with Gasteiger partial charge in [-0.15, -0.1) is 0 Å². The molecule has 18 heavy (non-hydrogen) atoms. The van der Waals surface area contributed by atoms with Gasteiger partial charge >= 0.3 is 0 Å². The minimum atomic E-state index is -1.50. The second-order valence-electron chi connectivity index (χ2n) is 3.47. The Balaban J connectivity index is 2.78. The summed E-state index contributed by atoms with van der Waals surface area (Å²) in [6.07, 6.45) is 0. The Morgan fingerprint density at radius 1 is 0.778 bits per heavy atom. The van der Waals surface area contributed by atoms with Crippen molar-refractivity contribution in [2.45, 2.75) is 0 Å². The maximum atomic E-state index is 13.5. The van der Waals surface area contributed by atoms with Gasteiger partial charge in [0.15, 0.2) is 23.3 Å². The highest BCUT2D eigenvalue weighted by Crippen LogP contribution is 2.35. The third-order valence-electron chi connectivity index (χ3n) is 2.31. The van der Waals surface area contributed by atoms with Gasteiger partial charge in [0.05, 0.1) is 10.6 Å². The Kier molecular flexibility index (Phi) is 3.50. The van der Waals surface area contributed by atoms with E-state index < -0.39 is 28.8 Å². The van der Waals surface area contributed by atoms with E-state index in [2.05, 4.69) is 0 Å². The molecule has 0 saturated carbocycles. The molecule has 2 rings (SSSR count). The van der Waals surface area contributed by atoms with Crippen LogP contribution in [0.4, 0.5) is 17.6 Å². The first-order chi connectivity index (χ1) is 8.41. The summed E-state index contributed by atoms with van der Waals surface area (Å²) in [5.74, 6) is -5.99. The minimum Gasteiger partial charge on any atom is -0.204 e. The maximum Gasteiger partial charge on any atom is 0.169 e. The third kappa shape index (κ3) is 2.18. The van der Waals surface area contributed by atoms with Crippen molar-refractivity contribution in [2.24, 2.45) is 0 Å². The highest BCUT2D eigenvalue weighted by Gasteiger charge is 2.22. The molecule has 0 spiro atoms.